The predicted octanol–water partition coefficient (Wildman–Crippen LogP) is 2.00. The first-order chi connectivity index (χ1) is 8.81. The molecule has 0 bridgehead atoms. The highest BCUT2D eigenvalue weighted by molar-refractivity contribution is 7.80. The maximum Gasteiger partial charge on any atom is 0.157 e. The molecule has 1 aromatic heterocycles. The van der Waals surface area contributed by atoms with Crippen LogP contribution in [0.1, 0.15) is 30.6 Å². The third kappa shape index (κ3) is 1.71. The fourth-order valence-corrected chi connectivity index (χ4v) is 2.49. The number of rotatable bonds is 2. The number of nitrogens with zero attached hydrogens (tertiary/aromatic N) is 3. The van der Waals surface area contributed by atoms with E-state index in [1.165, 1.54) is 0 Å². The first-order valence-electron chi connectivity index (χ1n) is 6.12. The molecule has 0 saturated heterocycles. The van der Waals surface area contributed by atoms with Crippen molar-refractivity contribution < 1.29 is 0 Å². The summed E-state index contributed by atoms with van der Waals surface area (Å²) in [6, 6.07) is 8.13. The Morgan fingerprint density at radius 2 is 2.17 bits per heavy atom. The summed E-state index contributed by atoms with van der Waals surface area (Å²) >= 11 is 5.40. The largest absolute Gasteiger partial charge is 0.368 e. The lowest BCUT2D eigenvalue weighted by molar-refractivity contribution is 0.777. The van der Waals surface area contributed by atoms with Gasteiger partial charge in [0.1, 0.15) is 10.8 Å². The topological polar surface area (TPSA) is 42.7 Å². The molecular formula is C13H14N4S. The molecule has 4 nitrogen and oxygen atoms in total. The molecule has 5 heteroatoms. The van der Waals surface area contributed by atoms with Crippen molar-refractivity contribution in [1.82, 2.24) is 20.1 Å². The minimum Gasteiger partial charge on any atom is -0.368 e. The van der Waals surface area contributed by atoms with Crippen LogP contribution < -0.4 is 5.32 Å². The van der Waals surface area contributed by atoms with E-state index in [9.17, 15) is 0 Å². The van der Waals surface area contributed by atoms with Gasteiger partial charge in [-0.1, -0.05) is 31.3 Å². The van der Waals surface area contributed by atoms with Crippen molar-refractivity contribution >= 4 is 17.2 Å². The summed E-state index contributed by atoms with van der Waals surface area (Å²) in [5.41, 5.74) is 2.12. The number of hydrogen-bond donors (Lipinski definition) is 1. The molecule has 0 unspecified atom stereocenters. The van der Waals surface area contributed by atoms with Gasteiger partial charge in [-0.2, -0.15) is 0 Å². The maximum absolute atomic E-state index is 5.40. The number of nitrogens with one attached hydrogen (secondary N) is 1. The molecule has 2 aromatic rings. The Morgan fingerprint density at radius 3 is 3.00 bits per heavy atom. The molecule has 92 valence electrons. The molecule has 0 aliphatic carbocycles. The van der Waals surface area contributed by atoms with Crippen molar-refractivity contribution in [3.05, 3.63) is 41.5 Å². The number of aryl methyl sites for hydroxylation is 1. The smallest absolute Gasteiger partial charge is 0.157 e. The Morgan fingerprint density at radius 1 is 1.33 bits per heavy atom. The number of thiocarbonyl (C=S) groups is 1. The van der Waals surface area contributed by atoms with Crippen LogP contribution in [0.4, 0.5) is 0 Å². The fraction of sp³-hybridized carbons (Fsp3) is 0.308. The molecule has 1 N–H and O–H groups in total. The van der Waals surface area contributed by atoms with Gasteiger partial charge >= 0.3 is 0 Å². The third-order valence-electron chi connectivity index (χ3n) is 3.07. The van der Waals surface area contributed by atoms with E-state index in [4.69, 9.17) is 12.2 Å². The third-order valence-corrected chi connectivity index (χ3v) is 3.43. The lowest BCUT2D eigenvalue weighted by Crippen LogP contribution is -2.20. The number of benzene rings is 1. The van der Waals surface area contributed by atoms with Crippen LogP contribution in [-0.4, -0.2) is 19.8 Å². The highest BCUT2D eigenvalue weighted by atomic mass is 32.1. The predicted molar refractivity (Wildman–Crippen MR) is 73.9 cm³/mol. The van der Waals surface area contributed by atoms with E-state index in [-0.39, 0.29) is 0 Å². The molecule has 2 heterocycles. The fourth-order valence-electron chi connectivity index (χ4n) is 2.25. The van der Waals surface area contributed by atoms with Crippen molar-refractivity contribution in [2.24, 2.45) is 0 Å². The second kappa shape index (κ2) is 4.49. The van der Waals surface area contributed by atoms with Gasteiger partial charge in [0.2, 0.25) is 0 Å². The van der Waals surface area contributed by atoms with E-state index in [1.807, 2.05) is 18.2 Å². The summed E-state index contributed by atoms with van der Waals surface area (Å²) in [6.45, 7) is 2.78. The van der Waals surface area contributed by atoms with E-state index >= 15 is 0 Å². The van der Waals surface area contributed by atoms with Crippen LogP contribution in [0.25, 0.3) is 5.69 Å². The molecule has 1 aliphatic heterocycles. The van der Waals surface area contributed by atoms with E-state index in [1.54, 1.807) is 0 Å². The first kappa shape index (κ1) is 11.3. The van der Waals surface area contributed by atoms with Crippen molar-refractivity contribution in [1.29, 1.82) is 0 Å². The summed E-state index contributed by atoms with van der Waals surface area (Å²) in [4.78, 5) is 0.776. The number of aromatic nitrogens is 3. The van der Waals surface area contributed by atoms with Gasteiger partial charge in [0.25, 0.3) is 0 Å². The van der Waals surface area contributed by atoms with Gasteiger partial charge < -0.3 is 5.32 Å². The average molecular weight is 258 g/mol. The summed E-state index contributed by atoms with van der Waals surface area (Å²) in [5.74, 6) is 1.93. The number of para-hydroxylation sites is 1. The van der Waals surface area contributed by atoms with E-state index < -0.39 is 0 Å². The highest BCUT2D eigenvalue weighted by Gasteiger charge is 2.20. The second-order valence-corrected chi connectivity index (χ2v) is 4.73. The highest BCUT2D eigenvalue weighted by Crippen LogP contribution is 2.22. The van der Waals surface area contributed by atoms with Gasteiger partial charge in [0.05, 0.1) is 12.2 Å². The van der Waals surface area contributed by atoms with Gasteiger partial charge in [0.15, 0.2) is 5.82 Å². The standard InChI is InChI=1S/C13H14N4S/c1-2-5-11-15-16-12-8-14-13(18)9-6-3-4-7-10(9)17(11)12/h3-4,6-7H,2,5,8H2,1H3,(H,14,18). The van der Waals surface area contributed by atoms with Crippen LogP contribution in [0, 0.1) is 0 Å². The molecule has 3 rings (SSSR count). The van der Waals surface area contributed by atoms with Gasteiger partial charge in [-0.15, -0.1) is 10.2 Å². The van der Waals surface area contributed by atoms with Gasteiger partial charge in [-0.05, 0) is 18.6 Å². The molecule has 0 saturated carbocycles. The van der Waals surface area contributed by atoms with E-state index in [0.29, 0.717) is 6.54 Å². The first-order valence-corrected chi connectivity index (χ1v) is 6.53. The molecule has 18 heavy (non-hydrogen) atoms. The van der Waals surface area contributed by atoms with Crippen LogP contribution in [-0.2, 0) is 13.0 Å². The normalized spacial score (nSPS) is 13.5. The van der Waals surface area contributed by atoms with E-state index in [2.05, 4.69) is 33.1 Å². The zero-order valence-electron chi connectivity index (χ0n) is 10.2. The Bertz CT molecular complexity index is 603. The van der Waals surface area contributed by atoms with Crippen molar-refractivity contribution in [2.45, 2.75) is 26.3 Å². The Labute approximate surface area is 111 Å². The van der Waals surface area contributed by atoms with E-state index in [0.717, 1.165) is 40.7 Å². The zero-order valence-corrected chi connectivity index (χ0v) is 11.0. The molecule has 0 fully saturated rings. The lowest BCUT2D eigenvalue weighted by Gasteiger charge is -2.10. The summed E-state index contributed by atoms with van der Waals surface area (Å²) < 4.78 is 2.13. The molecule has 1 aliphatic rings. The Balaban J connectivity index is 2.24. The Hall–Kier alpha value is -1.75. The van der Waals surface area contributed by atoms with Gasteiger partial charge in [-0.25, -0.2) is 0 Å². The second-order valence-electron chi connectivity index (χ2n) is 4.32. The molecule has 1 aromatic carbocycles. The molecule has 0 amide bonds. The number of fused-ring (bicyclic) bond motifs is 3. The van der Waals surface area contributed by atoms with Crippen LogP contribution in [0.15, 0.2) is 24.3 Å². The lowest BCUT2D eigenvalue weighted by atomic mass is 10.1. The molecular weight excluding hydrogens is 244 g/mol. The van der Waals surface area contributed by atoms with Crippen LogP contribution >= 0.6 is 12.2 Å². The van der Waals surface area contributed by atoms with Gasteiger partial charge in [0, 0.05) is 12.0 Å². The summed E-state index contributed by atoms with van der Waals surface area (Å²) in [5, 5.41) is 11.8. The monoisotopic (exact) mass is 258 g/mol. The van der Waals surface area contributed by atoms with Crippen molar-refractivity contribution in [2.75, 3.05) is 0 Å². The zero-order chi connectivity index (χ0) is 12.5. The van der Waals surface area contributed by atoms with Crippen molar-refractivity contribution in [3.63, 3.8) is 0 Å². The quantitative estimate of drug-likeness (QED) is 0.837. The molecule has 0 atom stereocenters. The Kier molecular flexibility index (Phi) is 2.83. The summed E-state index contributed by atoms with van der Waals surface area (Å²) in [6.07, 6.45) is 1.98. The summed E-state index contributed by atoms with van der Waals surface area (Å²) in [7, 11) is 0. The minimum atomic E-state index is 0.629. The molecule has 0 spiro atoms. The average Bonchev–Trinajstić information content (AvgIpc) is 2.73. The molecule has 0 radical (unpaired) electrons. The van der Waals surface area contributed by atoms with Crippen LogP contribution in [0.3, 0.4) is 0 Å². The van der Waals surface area contributed by atoms with Crippen molar-refractivity contribution in [3.8, 4) is 5.69 Å². The maximum atomic E-state index is 5.40. The van der Waals surface area contributed by atoms with Crippen LogP contribution in [0.2, 0.25) is 0 Å². The van der Waals surface area contributed by atoms with Gasteiger partial charge in [-0.3, -0.25) is 4.57 Å². The van der Waals surface area contributed by atoms with Crippen LogP contribution in [0.5, 0.6) is 0 Å². The SMILES string of the molecule is CCCc1nnc2n1-c1ccccc1C(=S)NC2. The number of hydrogen-bond acceptors (Lipinski definition) is 3. The minimum absolute atomic E-state index is 0.629.